The van der Waals surface area contributed by atoms with Gasteiger partial charge in [0, 0.05) is 24.6 Å². The predicted octanol–water partition coefficient (Wildman–Crippen LogP) is 2.84. The first-order valence-electron chi connectivity index (χ1n) is 7.22. The van der Waals surface area contributed by atoms with Gasteiger partial charge in [0.15, 0.2) is 0 Å². The highest BCUT2D eigenvalue weighted by Crippen LogP contribution is 2.41. The second kappa shape index (κ2) is 6.72. The molecule has 3 nitrogen and oxygen atoms in total. The van der Waals surface area contributed by atoms with Crippen molar-refractivity contribution in [1.82, 2.24) is 10.2 Å². The molecule has 1 aliphatic carbocycles. The number of rotatable bonds is 6. The van der Waals surface area contributed by atoms with Gasteiger partial charge in [-0.25, -0.2) is 0 Å². The van der Waals surface area contributed by atoms with E-state index in [2.05, 4.69) is 33.4 Å². The number of hydrogen-bond donors (Lipinski definition) is 1. The zero-order chi connectivity index (χ0) is 14.6. The lowest BCUT2D eigenvalue weighted by atomic mass is 9.67. The standard InChI is InChI=1S/C16H23BrN2O/c1-18-12-16(8-4-9-16)15(20)19(2)10-7-13-5-3-6-14(17)11-13/h3,5-6,11,18H,4,7-10,12H2,1-2H3. The van der Waals surface area contributed by atoms with Gasteiger partial charge in [0.25, 0.3) is 0 Å². The lowest BCUT2D eigenvalue weighted by molar-refractivity contribution is -0.145. The summed E-state index contributed by atoms with van der Waals surface area (Å²) < 4.78 is 1.09. The smallest absolute Gasteiger partial charge is 0.229 e. The first-order chi connectivity index (χ1) is 9.57. The Morgan fingerprint density at radius 2 is 2.20 bits per heavy atom. The third-order valence-electron chi connectivity index (χ3n) is 4.25. The Bertz CT molecular complexity index is 471. The summed E-state index contributed by atoms with van der Waals surface area (Å²) in [5.74, 6) is 0.299. The fourth-order valence-corrected chi connectivity index (χ4v) is 3.35. The van der Waals surface area contributed by atoms with E-state index in [4.69, 9.17) is 0 Å². The van der Waals surface area contributed by atoms with E-state index in [0.717, 1.165) is 36.8 Å². The molecule has 2 rings (SSSR count). The van der Waals surface area contributed by atoms with Gasteiger partial charge in [-0.1, -0.05) is 34.5 Å². The third-order valence-corrected chi connectivity index (χ3v) is 4.74. The minimum Gasteiger partial charge on any atom is -0.345 e. The van der Waals surface area contributed by atoms with Gasteiger partial charge in [0.05, 0.1) is 5.41 Å². The number of carbonyl (C=O) groups is 1. The number of amides is 1. The van der Waals surface area contributed by atoms with Crippen LogP contribution in [-0.4, -0.2) is 38.0 Å². The molecule has 0 aromatic heterocycles. The van der Waals surface area contributed by atoms with Crippen molar-refractivity contribution in [3.05, 3.63) is 34.3 Å². The molecule has 0 spiro atoms. The summed E-state index contributed by atoms with van der Waals surface area (Å²) >= 11 is 3.48. The predicted molar refractivity (Wildman–Crippen MR) is 85.7 cm³/mol. The van der Waals surface area contributed by atoms with Crippen LogP contribution in [0.4, 0.5) is 0 Å². The van der Waals surface area contributed by atoms with Gasteiger partial charge in [-0.05, 0) is 44.0 Å². The van der Waals surface area contributed by atoms with E-state index in [-0.39, 0.29) is 5.41 Å². The fourth-order valence-electron chi connectivity index (χ4n) is 2.90. The van der Waals surface area contributed by atoms with Crippen molar-refractivity contribution in [2.24, 2.45) is 5.41 Å². The molecule has 1 fully saturated rings. The van der Waals surface area contributed by atoms with Crippen molar-refractivity contribution in [1.29, 1.82) is 0 Å². The maximum atomic E-state index is 12.6. The molecule has 4 heteroatoms. The highest BCUT2D eigenvalue weighted by molar-refractivity contribution is 9.10. The summed E-state index contributed by atoms with van der Waals surface area (Å²) in [5, 5.41) is 3.17. The maximum Gasteiger partial charge on any atom is 0.229 e. The summed E-state index contributed by atoms with van der Waals surface area (Å²) in [7, 11) is 3.85. The van der Waals surface area contributed by atoms with Crippen LogP contribution >= 0.6 is 15.9 Å². The van der Waals surface area contributed by atoms with E-state index >= 15 is 0 Å². The SMILES string of the molecule is CNCC1(C(=O)N(C)CCc2cccc(Br)c2)CCC1. The Kier molecular flexibility index (Phi) is 5.22. The number of hydrogen-bond acceptors (Lipinski definition) is 2. The van der Waals surface area contributed by atoms with E-state index < -0.39 is 0 Å². The molecule has 0 radical (unpaired) electrons. The van der Waals surface area contributed by atoms with Crippen LogP contribution in [0.5, 0.6) is 0 Å². The second-order valence-electron chi connectivity index (χ2n) is 5.77. The lowest BCUT2D eigenvalue weighted by Gasteiger charge is -2.42. The molecule has 110 valence electrons. The van der Waals surface area contributed by atoms with Crippen molar-refractivity contribution >= 4 is 21.8 Å². The first kappa shape index (κ1) is 15.5. The van der Waals surface area contributed by atoms with Crippen LogP contribution in [0.2, 0.25) is 0 Å². The first-order valence-corrected chi connectivity index (χ1v) is 8.01. The number of halogens is 1. The average molecular weight is 339 g/mol. The normalized spacial score (nSPS) is 16.6. The molecule has 0 aliphatic heterocycles. The number of nitrogens with one attached hydrogen (secondary N) is 1. The summed E-state index contributed by atoms with van der Waals surface area (Å²) in [6.45, 7) is 1.58. The molecular weight excluding hydrogens is 316 g/mol. The Morgan fingerprint density at radius 1 is 1.45 bits per heavy atom. The zero-order valence-corrected chi connectivity index (χ0v) is 13.9. The molecule has 0 heterocycles. The molecule has 0 saturated heterocycles. The van der Waals surface area contributed by atoms with Gasteiger partial charge < -0.3 is 10.2 Å². The van der Waals surface area contributed by atoms with Crippen LogP contribution in [0.25, 0.3) is 0 Å². The molecular formula is C16H23BrN2O. The molecule has 0 unspecified atom stereocenters. The average Bonchev–Trinajstić information content (AvgIpc) is 2.39. The Hall–Kier alpha value is -0.870. The van der Waals surface area contributed by atoms with E-state index in [1.165, 1.54) is 12.0 Å². The van der Waals surface area contributed by atoms with Crippen molar-refractivity contribution in [3.63, 3.8) is 0 Å². The third kappa shape index (κ3) is 3.41. The van der Waals surface area contributed by atoms with E-state index in [0.29, 0.717) is 5.91 Å². The highest BCUT2D eigenvalue weighted by Gasteiger charge is 2.44. The minimum absolute atomic E-state index is 0.138. The fraction of sp³-hybridized carbons (Fsp3) is 0.562. The van der Waals surface area contributed by atoms with Crippen molar-refractivity contribution in [2.75, 3.05) is 27.2 Å². The number of likely N-dealkylation sites (N-methyl/N-ethyl adjacent to an activating group) is 1. The van der Waals surface area contributed by atoms with Crippen LogP contribution in [0.1, 0.15) is 24.8 Å². The molecule has 1 N–H and O–H groups in total. The summed E-state index contributed by atoms with van der Waals surface area (Å²) in [4.78, 5) is 14.5. The molecule has 1 aliphatic rings. The van der Waals surface area contributed by atoms with Gasteiger partial charge in [0.2, 0.25) is 5.91 Å². The quantitative estimate of drug-likeness (QED) is 0.864. The van der Waals surface area contributed by atoms with Gasteiger partial charge >= 0.3 is 0 Å². The highest BCUT2D eigenvalue weighted by atomic mass is 79.9. The number of nitrogens with zero attached hydrogens (tertiary/aromatic N) is 1. The molecule has 1 aromatic rings. The summed E-state index contributed by atoms with van der Waals surface area (Å²) in [6, 6.07) is 8.28. The molecule has 0 atom stereocenters. The van der Waals surface area contributed by atoms with E-state index in [9.17, 15) is 4.79 Å². The monoisotopic (exact) mass is 338 g/mol. The van der Waals surface area contributed by atoms with Gasteiger partial charge in [-0.3, -0.25) is 4.79 Å². The van der Waals surface area contributed by atoms with Gasteiger partial charge in [-0.2, -0.15) is 0 Å². The molecule has 0 bridgehead atoms. The van der Waals surface area contributed by atoms with Gasteiger partial charge in [-0.15, -0.1) is 0 Å². The molecule has 1 aromatic carbocycles. The zero-order valence-electron chi connectivity index (χ0n) is 12.3. The van der Waals surface area contributed by atoms with E-state index in [1.54, 1.807) is 0 Å². The Balaban J connectivity index is 1.91. The molecule has 1 amide bonds. The van der Waals surface area contributed by atoms with Crippen molar-refractivity contribution in [2.45, 2.75) is 25.7 Å². The summed E-state index contributed by atoms with van der Waals surface area (Å²) in [6.07, 6.45) is 4.12. The van der Waals surface area contributed by atoms with Crippen LogP contribution in [0.3, 0.4) is 0 Å². The van der Waals surface area contributed by atoms with Crippen LogP contribution in [0.15, 0.2) is 28.7 Å². The minimum atomic E-state index is -0.138. The Morgan fingerprint density at radius 3 is 2.75 bits per heavy atom. The molecule has 20 heavy (non-hydrogen) atoms. The van der Waals surface area contributed by atoms with Crippen LogP contribution in [-0.2, 0) is 11.2 Å². The molecule has 1 saturated carbocycles. The number of benzene rings is 1. The van der Waals surface area contributed by atoms with Crippen molar-refractivity contribution in [3.8, 4) is 0 Å². The topological polar surface area (TPSA) is 32.3 Å². The second-order valence-corrected chi connectivity index (χ2v) is 6.69. The maximum absolute atomic E-state index is 12.6. The van der Waals surface area contributed by atoms with Crippen LogP contribution in [0, 0.1) is 5.41 Å². The summed E-state index contributed by atoms with van der Waals surface area (Å²) in [5.41, 5.74) is 1.12. The Labute approximate surface area is 129 Å². The van der Waals surface area contributed by atoms with E-state index in [1.807, 2.05) is 31.1 Å². The largest absolute Gasteiger partial charge is 0.345 e. The lowest BCUT2D eigenvalue weighted by Crippen LogP contribution is -2.51. The van der Waals surface area contributed by atoms with Crippen LogP contribution < -0.4 is 5.32 Å². The van der Waals surface area contributed by atoms with Crippen molar-refractivity contribution < 1.29 is 4.79 Å². The number of carbonyl (C=O) groups excluding carboxylic acids is 1. The van der Waals surface area contributed by atoms with Gasteiger partial charge in [0.1, 0.15) is 0 Å².